The maximum Gasteiger partial charge on any atom is 0.326 e. The molecular weight excluding hydrogens is 258 g/mol. The summed E-state index contributed by atoms with van der Waals surface area (Å²) in [6.45, 7) is 4.95. The Morgan fingerprint density at radius 2 is 1.70 bits per heavy atom. The summed E-state index contributed by atoms with van der Waals surface area (Å²) in [5, 5.41) is 11.5. The molecule has 0 bridgehead atoms. The molecule has 0 unspecified atom stereocenters. The first-order valence-electron chi connectivity index (χ1n) is 6.43. The first kappa shape index (κ1) is 15.9. The normalized spacial score (nSPS) is 12.0. The highest BCUT2D eigenvalue weighted by Crippen LogP contribution is 2.07. The molecule has 0 aliphatic heterocycles. The molecule has 108 valence electrons. The number of Topliss-reactive ketones (excluding diaryl/α,β-unsaturated/α-hetero) is 1. The van der Waals surface area contributed by atoms with Crippen LogP contribution in [0.5, 0.6) is 0 Å². The van der Waals surface area contributed by atoms with Gasteiger partial charge in [0.25, 0.3) is 0 Å². The zero-order valence-electron chi connectivity index (χ0n) is 11.8. The van der Waals surface area contributed by atoms with E-state index in [1.807, 2.05) is 0 Å². The highest BCUT2D eigenvalue weighted by molar-refractivity contribution is 5.94. The lowest BCUT2D eigenvalue weighted by Crippen LogP contribution is -2.44. The summed E-state index contributed by atoms with van der Waals surface area (Å²) in [6.07, 6.45) is 0.0919. The number of hydrogen-bond acceptors (Lipinski definition) is 3. The van der Waals surface area contributed by atoms with E-state index in [-0.39, 0.29) is 24.0 Å². The van der Waals surface area contributed by atoms with E-state index in [0.29, 0.717) is 5.56 Å². The number of carbonyl (C=O) groups is 3. The van der Waals surface area contributed by atoms with E-state index >= 15 is 0 Å². The topological polar surface area (TPSA) is 83.5 Å². The highest BCUT2D eigenvalue weighted by atomic mass is 16.4. The molecule has 1 aromatic rings. The van der Waals surface area contributed by atoms with Crippen LogP contribution in [0.25, 0.3) is 0 Å². The Labute approximate surface area is 118 Å². The van der Waals surface area contributed by atoms with Crippen LogP contribution in [-0.4, -0.2) is 28.8 Å². The third-order valence-electron chi connectivity index (χ3n) is 2.97. The summed E-state index contributed by atoms with van der Waals surface area (Å²) in [7, 11) is 0. The molecule has 0 saturated heterocycles. The van der Waals surface area contributed by atoms with Gasteiger partial charge >= 0.3 is 5.97 Å². The minimum Gasteiger partial charge on any atom is -0.480 e. The number of ketones is 1. The maximum absolute atomic E-state index is 11.8. The van der Waals surface area contributed by atoms with Crippen LogP contribution in [0.4, 0.5) is 0 Å². The number of carboxylic acids is 1. The number of rotatable bonds is 6. The minimum atomic E-state index is -1.04. The van der Waals surface area contributed by atoms with Gasteiger partial charge in [-0.15, -0.1) is 0 Å². The van der Waals surface area contributed by atoms with E-state index in [1.54, 1.807) is 38.1 Å². The minimum absolute atomic E-state index is 0.0354. The third-order valence-corrected chi connectivity index (χ3v) is 2.97. The Balaban J connectivity index is 2.66. The molecule has 1 rings (SSSR count). The second-order valence-electron chi connectivity index (χ2n) is 5.06. The SMILES string of the molecule is CC(=O)c1ccc(CC(=O)N[C@H](C(=O)O)C(C)C)cc1. The molecule has 0 heterocycles. The predicted octanol–water partition coefficient (Wildman–Crippen LogP) is 1.66. The van der Waals surface area contributed by atoms with Crippen molar-refractivity contribution in [1.82, 2.24) is 5.32 Å². The standard InChI is InChI=1S/C15H19NO4/c1-9(2)14(15(19)20)16-13(18)8-11-4-6-12(7-5-11)10(3)17/h4-7,9,14H,8H2,1-3H3,(H,16,18)(H,19,20)/t14-/m0/s1. The average Bonchev–Trinajstić information content (AvgIpc) is 2.35. The van der Waals surface area contributed by atoms with Gasteiger partial charge in [-0.05, 0) is 18.4 Å². The van der Waals surface area contributed by atoms with Gasteiger partial charge in [0.05, 0.1) is 6.42 Å². The van der Waals surface area contributed by atoms with E-state index in [0.717, 1.165) is 5.56 Å². The highest BCUT2D eigenvalue weighted by Gasteiger charge is 2.23. The molecule has 1 aromatic carbocycles. The summed E-state index contributed by atoms with van der Waals surface area (Å²) in [5.74, 6) is -1.61. The monoisotopic (exact) mass is 277 g/mol. The van der Waals surface area contributed by atoms with Crippen molar-refractivity contribution < 1.29 is 19.5 Å². The van der Waals surface area contributed by atoms with Crippen molar-refractivity contribution in [2.75, 3.05) is 0 Å². The lowest BCUT2D eigenvalue weighted by atomic mass is 10.0. The molecular formula is C15H19NO4. The van der Waals surface area contributed by atoms with E-state index in [2.05, 4.69) is 5.32 Å². The molecule has 0 aliphatic carbocycles. The molecule has 2 N–H and O–H groups in total. The Morgan fingerprint density at radius 1 is 1.15 bits per heavy atom. The lowest BCUT2D eigenvalue weighted by molar-refractivity contribution is -0.143. The van der Waals surface area contributed by atoms with Gasteiger partial charge in [-0.2, -0.15) is 0 Å². The van der Waals surface area contributed by atoms with E-state index in [4.69, 9.17) is 5.11 Å². The fourth-order valence-corrected chi connectivity index (χ4v) is 1.78. The van der Waals surface area contributed by atoms with Gasteiger partial charge in [0, 0.05) is 5.56 Å². The molecule has 0 saturated carbocycles. The molecule has 0 radical (unpaired) electrons. The summed E-state index contributed by atoms with van der Waals surface area (Å²) >= 11 is 0. The van der Waals surface area contributed by atoms with Gasteiger partial charge in [-0.1, -0.05) is 38.1 Å². The summed E-state index contributed by atoms with van der Waals surface area (Å²) < 4.78 is 0. The number of benzene rings is 1. The number of aliphatic carboxylic acids is 1. The van der Waals surface area contributed by atoms with Gasteiger partial charge in [-0.3, -0.25) is 9.59 Å². The number of carbonyl (C=O) groups excluding carboxylic acids is 2. The predicted molar refractivity (Wildman–Crippen MR) is 74.6 cm³/mol. The van der Waals surface area contributed by atoms with E-state index in [1.165, 1.54) is 6.92 Å². The number of nitrogens with one attached hydrogen (secondary N) is 1. The second kappa shape index (κ2) is 6.84. The fraction of sp³-hybridized carbons (Fsp3) is 0.400. The molecule has 5 nitrogen and oxygen atoms in total. The smallest absolute Gasteiger partial charge is 0.326 e. The van der Waals surface area contributed by atoms with Gasteiger partial charge in [-0.25, -0.2) is 4.79 Å². The lowest BCUT2D eigenvalue weighted by Gasteiger charge is -2.17. The van der Waals surface area contributed by atoms with Crippen LogP contribution >= 0.6 is 0 Å². The molecule has 0 aliphatic rings. The molecule has 1 amide bonds. The van der Waals surface area contributed by atoms with Crippen LogP contribution in [0, 0.1) is 5.92 Å². The molecule has 20 heavy (non-hydrogen) atoms. The van der Waals surface area contributed by atoms with Crippen molar-refractivity contribution in [2.45, 2.75) is 33.2 Å². The summed E-state index contributed by atoms with van der Waals surface area (Å²) in [4.78, 5) is 33.9. The molecule has 0 fully saturated rings. The van der Waals surface area contributed by atoms with Crippen molar-refractivity contribution in [3.63, 3.8) is 0 Å². The van der Waals surface area contributed by atoms with Crippen molar-refractivity contribution in [3.8, 4) is 0 Å². The summed E-state index contributed by atoms with van der Waals surface area (Å²) in [5.41, 5.74) is 1.32. The molecule has 5 heteroatoms. The van der Waals surface area contributed by atoms with Crippen molar-refractivity contribution in [1.29, 1.82) is 0 Å². The van der Waals surface area contributed by atoms with Gasteiger partial charge in [0.1, 0.15) is 6.04 Å². The van der Waals surface area contributed by atoms with Crippen molar-refractivity contribution in [2.24, 2.45) is 5.92 Å². The molecule has 1 atom stereocenters. The number of hydrogen-bond donors (Lipinski definition) is 2. The Kier molecular flexibility index (Phi) is 5.43. The fourth-order valence-electron chi connectivity index (χ4n) is 1.78. The average molecular weight is 277 g/mol. The molecule has 0 spiro atoms. The van der Waals surface area contributed by atoms with Crippen LogP contribution in [-0.2, 0) is 16.0 Å². The first-order valence-corrected chi connectivity index (χ1v) is 6.43. The van der Waals surface area contributed by atoms with Crippen molar-refractivity contribution in [3.05, 3.63) is 35.4 Å². The van der Waals surface area contributed by atoms with Crippen LogP contribution in [0.3, 0.4) is 0 Å². The number of carboxylic acid groups (broad SMARTS) is 1. The Hall–Kier alpha value is -2.17. The first-order chi connectivity index (χ1) is 9.31. The van der Waals surface area contributed by atoms with Crippen molar-refractivity contribution >= 4 is 17.7 Å². The van der Waals surface area contributed by atoms with E-state index < -0.39 is 12.0 Å². The Morgan fingerprint density at radius 3 is 2.10 bits per heavy atom. The summed E-state index contributed by atoms with van der Waals surface area (Å²) in [6, 6.07) is 5.81. The largest absolute Gasteiger partial charge is 0.480 e. The van der Waals surface area contributed by atoms with Crippen LogP contribution in [0.2, 0.25) is 0 Å². The van der Waals surface area contributed by atoms with Gasteiger partial charge in [0.15, 0.2) is 5.78 Å². The van der Waals surface area contributed by atoms with Gasteiger partial charge < -0.3 is 10.4 Å². The van der Waals surface area contributed by atoms with Crippen LogP contribution in [0.15, 0.2) is 24.3 Å². The van der Waals surface area contributed by atoms with Crippen LogP contribution in [0.1, 0.15) is 36.7 Å². The molecule has 0 aromatic heterocycles. The Bertz CT molecular complexity index is 505. The van der Waals surface area contributed by atoms with Gasteiger partial charge in [0.2, 0.25) is 5.91 Å². The zero-order valence-corrected chi connectivity index (χ0v) is 11.8. The van der Waals surface area contributed by atoms with E-state index in [9.17, 15) is 14.4 Å². The quantitative estimate of drug-likeness (QED) is 0.774. The zero-order chi connectivity index (χ0) is 15.3. The number of amides is 1. The third kappa shape index (κ3) is 4.50. The second-order valence-corrected chi connectivity index (χ2v) is 5.06. The maximum atomic E-state index is 11.8. The van der Waals surface area contributed by atoms with Crippen LogP contribution < -0.4 is 5.32 Å².